The fraction of sp³-hybridized carbons (Fsp3) is 0.588. The third-order valence-electron chi connectivity index (χ3n) is 3.96. The number of hydrogen-bond acceptors (Lipinski definition) is 2. The number of unbranched alkanes of at least 4 members (excludes halogenated alkanes) is 2. The van der Waals surface area contributed by atoms with Gasteiger partial charge in [0.1, 0.15) is 0 Å². The first-order valence-corrected chi connectivity index (χ1v) is 7.90. The van der Waals surface area contributed by atoms with Crippen molar-refractivity contribution < 1.29 is 4.79 Å². The van der Waals surface area contributed by atoms with Crippen molar-refractivity contribution in [3.63, 3.8) is 0 Å². The number of rotatable bonds is 6. The Morgan fingerprint density at radius 2 is 2.10 bits per heavy atom. The zero-order valence-electron chi connectivity index (χ0n) is 12.5. The van der Waals surface area contributed by atoms with E-state index < -0.39 is 0 Å². The van der Waals surface area contributed by atoms with E-state index in [-0.39, 0.29) is 11.8 Å². The van der Waals surface area contributed by atoms with E-state index in [9.17, 15) is 4.79 Å². The van der Waals surface area contributed by atoms with Gasteiger partial charge in [-0.05, 0) is 49.9 Å². The minimum absolute atomic E-state index is 0.119. The number of carbonyl (C=O) groups excluding carboxylic acids is 1. The lowest BCUT2D eigenvalue weighted by Crippen LogP contribution is -2.37. The van der Waals surface area contributed by atoms with Gasteiger partial charge in [0, 0.05) is 12.2 Å². The number of nitrogens with one attached hydrogen (secondary N) is 2. The normalized spacial score (nSPS) is 18.8. The van der Waals surface area contributed by atoms with E-state index in [4.69, 9.17) is 0 Å². The highest BCUT2D eigenvalue weighted by molar-refractivity contribution is 5.92. The molecule has 1 aliphatic heterocycles. The molecule has 20 heavy (non-hydrogen) atoms. The van der Waals surface area contributed by atoms with Crippen LogP contribution in [0.5, 0.6) is 0 Å². The van der Waals surface area contributed by atoms with Crippen molar-refractivity contribution in [2.45, 2.75) is 45.4 Å². The molecule has 110 valence electrons. The molecule has 3 nitrogen and oxygen atoms in total. The van der Waals surface area contributed by atoms with Crippen LogP contribution in [-0.2, 0) is 11.2 Å². The largest absolute Gasteiger partial charge is 0.326 e. The Kier molecular flexibility index (Phi) is 6.06. The minimum atomic E-state index is 0.119. The van der Waals surface area contributed by atoms with Crippen LogP contribution in [0.3, 0.4) is 0 Å². The maximum absolute atomic E-state index is 12.1. The van der Waals surface area contributed by atoms with Gasteiger partial charge in [-0.3, -0.25) is 4.79 Å². The number of carbonyl (C=O) groups is 1. The zero-order chi connectivity index (χ0) is 14.2. The second-order valence-corrected chi connectivity index (χ2v) is 5.69. The van der Waals surface area contributed by atoms with Gasteiger partial charge in [0.2, 0.25) is 5.91 Å². The van der Waals surface area contributed by atoms with Gasteiger partial charge >= 0.3 is 0 Å². The molecule has 0 aromatic heterocycles. The van der Waals surface area contributed by atoms with Crippen molar-refractivity contribution in [2.24, 2.45) is 5.92 Å². The van der Waals surface area contributed by atoms with E-state index >= 15 is 0 Å². The molecule has 1 heterocycles. The smallest absolute Gasteiger partial charge is 0.228 e. The first-order valence-electron chi connectivity index (χ1n) is 7.90. The molecule has 0 radical (unpaired) electrons. The number of anilines is 1. The Hall–Kier alpha value is -1.35. The first-order chi connectivity index (χ1) is 9.79. The van der Waals surface area contributed by atoms with E-state index in [1.807, 2.05) is 12.1 Å². The van der Waals surface area contributed by atoms with Gasteiger partial charge in [-0.2, -0.15) is 0 Å². The van der Waals surface area contributed by atoms with Crippen LogP contribution in [0.1, 0.15) is 44.6 Å². The average molecular weight is 274 g/mol. The number of benzene rings is 1. The van der Waals surface area contributed by atoms with Crippen LogP contribution in [0, 0.1) is 5.92 Å². The molecule has 1 fully saturated rings. The van der Waals surface area contributed by atoms with Gasteiger partial charge in [0.25, 0.3) is 0 Å². The molecule has 1 aromatic rings. The summed E-state index contributed by atoms with van der Waals surface area (Å²) in [4.78, 5) is 12.1. The van der Waals surface area contributed by atoms with Gasteiger partial charge < -0.3 is 10.6 Å². The van der Waals surface area contributed by atoms with E-state index in [0.29, 0.717) is 0 Å². The lowest BCUT2D eigenvalue weighted by atomic mass is 9.98. The first kappa shape index (κ1) is 15.0. The van der Waals surface area contributed by atoms with Gasteiger partial charge in [-0.1, -0.05) is 31.9 Å². The summed E-state index contributed by atoms with van der Waals surface area (Å²) in [5.41, 5.74) is 2.27. The molecule has 2 N–H and O–H groups in total. The Morgan fingerprint density at radius 3 is 2.75 bits per heavy atom. The summed E-state index contributed by atoms with van der Waals surface area (Å²) < 4.78 is 0. The van der Waals surface area contributed by atoms with Gasteiger partial charge in [-0.15, -0.1) is 0 Å². The Balaban J connectivity index is 1.81. The second-order valence-electron chi connectivity index (χ2n) is 5.69. The predicted octanol–water partition coefficient (Wildman–Crippen LogP) is 3.36. The minimum Gasteiger partial charge on any atom is -0.326 e. The fourth-order valence-electron chi connectivity index (χ4n) is 2.65. The van der Waals surface area contributed by atoms with Crippen LogP contribution in [0.25, 0.3) is 0 Å². The molecule has 3 heteroatoms. The van der Waals surface area contributed by atoms with Crippen LogP contribution >= 0.6 is 0 Å². The SMILES string of the molecule is CCCCCc1ccc(NC(=O)[C@H]2CCCNC2)cc1. The Labute approximate surface area is 122 Å². The lowest BCUT2D eigenvalue weighted by Gasteiger charge is -2.21. The molecular formula is C17H26N2O. The van der Waals surface area contributed by atoms with Crippen LogP contribution < -0.4 is 10.6 Å². The zero-order valence-corrected chi connectivity index (χ0v) is 12.5. The molecule has 0 unspecified atom stereocenters. The van der Waals surface area contributed by atoms with Crippen LogP contribution in [0.4, 0.5) is 5.69 Å². The highest BCUT2D eigenvalue weighted by Gasteiger charge is 2.20. The van der Waals surface area contributed by atoms with Crippen LogP contribution in [-0.4, -0.2) is 19.0 Å². The molecule has 0 spiro atoms. The highest BCUT2D eigenvalue weighted by Crippen LogP contribution is 2.16. The summed E-state index contributed by atoms with van der Waals surface area (Å²) in [7, 11) is 0. The second kappa shape index (κ2) is 8.05. The van der Waals surface area contributed by atoms with Gasteiger partial charge in [-0.25, -0.2) is 0 Å². The average Bonchev–Trinajstić information content (AvgIpc) is 2.50. The van der Waals surface area contributed by atoms with E-state index in [2.05, 4.69) is 29.7 Å². The van der Waals surface area contributed by atoms with Crippen molar-refractivity contribution in [1.82, 2.24) is 5.32 Å². The van der Waals surface area contributed by atoms with Crippen molar-refractivity contribution in [1.29, 1.82) is 0 Å². The molecule has 0 aliphatic carbocycles. The number of piperidine rings is 1. The molecule has 1 amide bonds. The molecule has 1 saturated heterocycles. The molecule has 1 aromatic carbocycles. The molecule has 1 atom stereocenters. The lowest BCUT2D eigenvalue weighted by molar-refractivity contribution is -0.120. The number of hydrogen-bond donors (Lipinski definition) is 2. The van der Waals surface area contributed by atoms with Gasteiger partial charge in [0.15, 0.2) is 0 Å². The third-order valence-corrected chi connectivity index (χ3v) is 3.96. The summed E-state index contributed by atoms with van der Waals surface area (Å²) in [6.07, 6.45) is 7.00. The van der Waals surface area contributed by atoms with E-state index in [0.717, 1.165) is 38.0 Å². The summed E-state index contributed by atoms with van der Waals surface area (Å²) in [6.45, 7) is 4.07. The number of amides is 1. The summed E-state index contributed by atoms with van der Waals surface area (Å²) in [6, 6.07) is 8.31. The van der Waals surface area contributed by atoms with Gasteiger partial charge in [0.05, 0.1) is 5.92 Å². The predicted molar refractivity (Wildman–Crippen MR) is 83.9 cm³/mol. The van der Waals surface area contributed by atoms with Crippen molar-refractivity contribution in [3.05, 3.63) is 29.8 Å². The standard InChI is InChI=1S/C17H26N2O/c1-2-3-4-6-14-8-10-16(11-9-14)19-17(20)15-7-5-12-18-13-15/h8-11,15,18H,2-7,12-13H2,1H3,(H,19,20)/t15-/m0/s1. The maximum Gasteiger partial charge on any atom is 0.228 e. The fourth-order valence-corrected chi connectivity index (χ4v) is 2.65. The Morgan fingerprint density at radius 1 is 1.30 bits per heavy atom. The van der Waals surface area contributed by atoms with Crippen LogP contribution in [0.15, 0.2) is 24.3 Å². The molecule has 2 rings (SSSR count). The Bertz CT molecular complexity index is 408. The van der Waals surface area contributed by atoms with Crippen molar-refractivity contribution in [3.8, 4) is 0 Å². The monoisotopic (exact) mass is 274 g/mol. The molecule has 1 aliphatic rings. The molecule has 0 saturated carbocycles. The number of aryl methyl sites for hydroxylation is 1. The third kappa shape index (κ3) is 4.64. The van der Waals surface area contributed by atoms with E-state index in [1.54, 1.807) is 0 Å². The van der Waals surface area contributed by atoms with Crippen LogP contribution in [0.2, 0.25) is 0 Å². The van der Waals surface area contributed by atoms with E-state index in [1.165, 1.54) is 24.8 Å². The summed E-state index contributed by atoms with van der Waals surface area (Å²) in [5.74, 6) is 0.268. The maximum atomic E-state index is 12.1. The topological polar surface area (TPSA) is 41.1 Å². The molecular weight excluding hydrogens is 248 g/mol. The summed E-state index contributed by atoms with van der Waals surface area (Å²) in [5, 5.41) is 6.31. The quantitative estimate of drug-likeness (QED) is 0.781. The summed E-state index contributed by atoms with van der Waals surface area (Å²) >= 11 is 0. The highest BCUT2D eigenvalue weighted by atomic mass is 16.1. The van der Waals surface area contributed by atoms with Crippen molar-refractivity contribution in [2.75, 3.05) is 18.4 Å². The van der Waals surface area contributed by atoms with Crippen molar-refractivity contribution >= 4 is 11.6 Å². The molecule has 0 bridgehead atoms.